The maximum Gasteiger partial charge on any atom is 0.416 e. The van der Waals surface area contributed by atoms with Gasteiger partial charge in [0.15, 0.2) is 0 Å². The summed E-state index contributed by atoms with van der Waals surface area (Å²) in [5.74, 6) is 0.488. The van der Waals surface area contributed by atoms with E-state index in [-0.39, 0.29) is 11.6 Å². The lowest BCUT2D eigenvalue weighted by molar-refractivity contribution is -0.137. The first-order valence-corrected chi connectivity index (χ1v) is 9.01. The van der Waals surface area contributed by atoms with Crippen LogP contribution in [0.25, 0.3) is 0 Å². The minimum absolute atomic E-state index is 0.226. The number of nitrogens with zero attached hydrogens (tertiary/aromatic N) is 3. The van der Waals surface area contributed by atoms with Gasteiger partial charge in [-0.15, -0.1) is 0 Å². The van der Waals surface area contributed by atoms with Gasteiger partial charge in [-0.05, 0) is 49.2 Å². The monoisotopic (exact) mass is 398 g/mol. The zero-order valence-electron chi connectivity index (χ0n) is 15.5. The number of alkyl halides is 3. The maximum atomic E-state index is 13.0. The molecule has 1 amide bonds. The smallest absolute Gasteiger partial charge is 0.340 e. The number of amides is 1. The maximum absolute atomic E-state index is 13.0. The third-order valence-electron chi connectivity index (χ3n) is 4.67. The number of hydrogen-bond acceptors (Lipinski definition) is 4. The van der Waals surface area contributed by atoms with Crippen molar-refractivity contribution in [2.45, 2.75) is 19.5 Å². The second kappa shape index (κ2) is 7.20. The number of para-hydroxylation sites is 1. The molecule has 1 aliphatic rings. The molecule has 0 saturated carbocycles. The number of aromatic nitrogens is 2. The molecule has 5 nitrogen and oxygen atoms in total. The van der Waals surface area contributed by atoms with Crippen LogP contribution in [0.4, 0.5) is 30.4 Å². The van der Waals surface area contributed by atoms with E-state index in [1.807, 2.05) is 24.3 Å². The number of rotatable bonds is 3. The Morgan fingerprint density at radius 1 is 1.07 bits per heavy atom. The zero-order valence-corrected chi connectivity index (χ0v) is 15.5. The van der Waals surface area contributed by atoms with E-state index in [1.54, 1.807) is 11.8 Å². The highest BCUT2D eigenvalue weighted by Crippen LogP contribution is 2.31. The van der Waals surface area contributed by atoms with Gasteiger partial charge >= 0.3 is 6.18 Å². The summed E-state index contributed by atoms with van der Waals surface area (Å²) in [5, 5.41) is 2.94. The van der Waals surface area contributed by atoms with Crippen LogP contribution in [-0.4, -0.2) is 22.4 Å². The molecule has 2 heterocycles. The van der Waals surface area contributed by atoms with Crippen LogP contribution in [0.5, 0.6) is 0 Å². The standard InChI is InChI=1S/C21H17F3N4O/c1-13-25-17(20(29)28-11-10-14-4-2-3-5-18(14)28)12-19(26-13)27-16-8-6-15(7-9-16)21(22,23)24/h2-9,12H,10-11H2,1H3,(H,25,26,27). The van der Waals surface area contributed by atoms with Crippen molar-refractivity contribution >= 4 is 23.1 Å². The molecular weight excluding hydrogens is 381 g/mol. The molecule has 2 aromatic carbocycles. The largest absolute Gasteiger partial charge is 0.416 e. The molecule has 0 bridgehead atoms. The number of carbonyl (C=O) groups is 1. The van der Waals surface area contributed by atoms with Crippen molar-refractivity contribution < 1.29 is 18.0 Å². The van der Waals surface area contributed by atoms with Gasteiger partial charge in [-0.1, -0.05) is 18.2 Å². The van der Waals surface area contributed by atoms with E-state index in [1.165, 1.54) is 18.2 Å². The van der Waals surface area contributed by atoms with Crippen LogP contribution in [-0.2, 0) is 12.6 Å². The van der Waals surface area contributed by atoms with Crippen LogP contribution in [0.3, 0.4) is 0 Å². The molecule has 0 atom stereocenters. The molecule has 4 rings (SSSR count). The number of benzene rings is 2. The SMILES string of the molecule is Cc1nc(Nc2ccc(C(F)(F)F)cc2)cc(C(=O)N2CCc3ccccc32)n1. The Kier molecular flexibility index (Phi) is 4.70. The van der Waals surface area contributed by atoms with E-state index in [0.717, 1.165) is 29.8 Å². The van der Waals surface area contributed by atoms with E-state index in [9.17, 15) is 18.0 Å². The molecule has 0 aliphatic carbocycles. The van der Waals surface area contributed by atoms with Crippen LogP contribution in [0.2, 0.25) is 0 Å². The van der Waals surface area contributed by atoms with E-state index in [4.69, 9.17) is 0 Å². The van der Waals surface area contributed by atoms with Crippen molar-refractivity contribution in [3.05, 3.63) is 77.2 Å². The molecule has 0 radical (unpaired) electrons. The van der Waals surface area contributed by atoms with Gasteiger partial charge < -0.3 is 10.2 Å². The number of anilines is 3. The minimum atomic E-state index is -4.39. The van der Waals surface area contributed by atoms with E-state index < -0.39 is 11.7 Å². The summed E-state index contributed by atoms with van der Waals surface area (Å²) in [6, 6.07) is 13.8. The quantitative estimate of drug-likeness (QED) is 0.692. The van der Waals surface area contributed by atoms with Crippen LogP contribution in [0, 0.1) is 6.92 Å². The number of halogens is 3. The summed E-state index contributed by atoms with van der Waals surface area (Å²) in [6.07, 6.45) is -3.61. The van der Waals surface area contributed by atoms with Crippen molar-refractivity contribution in [1.82, 2.24) is 9.97 Å². The van der Waals surface area contributed by atoms with Crippen molar-refractivity contribution in [2.75, 3.05) is 16.8 Å². The summed E-state index contributed by atoms with van der Waals surface area (Å²) < 4.78 is 38.1. The summed E-state index contributed by atoms with van der Waals surface area (Å²) in [4.78, 5) is 23.2. The van der Waals surface area contributed by atoms with Crippen molar-refractivity contribution in [2.24, 2.45) is 0 Å². The lowest BCUT2D eigenvalue weighted by atomic mass is 10.2. The molecule has 148 valence electrons. The van der Waals surface area contributed by atoms with Gasteiger partial charge in [-0.2, -0.15) is 13.2 Å². The predicted molar refractivity (Wildman–Crippen MR) is 103 cm³/mol. The number of aryl methyl sites for hydroxylation is 1. The molecular formula is C21H17F3N4O. The lowest BCUT2D eigenvalue weighted by Gasteiger charge is -2.17. The Morgan fingerprint density at radius 3 is 2.52 bits per heavy atom. The summed E-state index contributed by atoms with van der Waals surface area (Å²) in [5.41, 5.74) is 1.90. The fraction of sp³-hybridized carbons (Fsp3) is 0.190. The number of fused-ring (bicyclic) bond motifs is 1. The summed E-state index contributed by atoms with van der Waals surface area (Å²) in [7, 11) is 0. The molecule has 0 saturated heterocycles. The van der Waals surface area contributed by atoms with Gasteiger partial charge in [-0.25, -0.2) is 9.97 Å². The van der Waals surface area contributed by atoms with E-state index in [2.05, 4.69) is 15.3 Å². The second-order valence-corrected chi connectivity index (χ2v) is 6.72. The Morgan fingerprint density at radius 2 is 1.79 bits per heavy atom. The Labute approximate surface area is 165 Å². The van der Waals surface area contributed by atoms with Gasteiger partial charge in [0.1, 0.15) is 17.3 Å². The third kappa shape index (κ3) is 3.91. The summed E-state index contributed by atoms with van der Waals surface area (Å²) >= 11 is 0. The average molecular weight is 398 g/mol. The number of nitrogens with one attached hydrogen (secondary N) is 1. The van der Waals surface area contributed by atoms with Gasteiger partial charge in [0.2, 0.25) is 0 Å². The predicted octanol–water partition coefficient (Wildman–Crippen LogP) is 4.75. The number of hydrogen-bond donors (Lipinski definition) is 1. The third-order valence-corrected chi connectivity index (χ3v) is 4.67. The Bertz CT molecular complexity index is 1060. The molecule has 3 aromatic rings. The van der Waals surface area contributed by atoms with E-state index in [0.29, 0.717) is 23.9 Å². The molecule has 1 N–H and O–H groups in total. The topological polar surface area (TPSA) is 58.1 Å². The van der Waals surface area contributed by atoms with Gasteiger partial charge in [0, 0.05) is 24.0 Å². The fourth-order valence-electron chi connectivity index (χ4n) is 3.32. The van der Waals surface area contributed by atoms with E-state index >= 15 is 0 Å². The molecule has 1 aliphatic heterocycles. The van der Waals surface area contributed by atoms with Crippen LogP contribution >= 0.6 is 0 Å². The normalized spacial score (nSPS) is 13.3. The second-order valence-electron chi connectivity index (χ2n) is 6.72. The highest BCUT2D eigenvalue weighted by molar-refractivity contribution is 6.06. The minimum Gasteiger partial charge on any atom is -0.340 e. The number of carbonyl (C=O) groups excluding carboxylic acids is 1. The van der Waals surface area contributed by atoms with Crippen LogP contribution < -0.4 is 10.2 Å². The molecule has 0 unspecified atom stereocenters. The molecule has 0 spiro atoms. The highest BCUT2D eigenvalue weighted by atomic mass is 19.4. The highest BCUT2D eigenvalue weighted by Gasteiger charge is 2.30. The Hall–Kier alpha value is -3.42. The van der Waals surface area contributed by atoms with Crippen LogP contribution in [0.1, 0.15) is 27.4 Å². The molecule has 0 fully saturated rings. The zero-order chi connectivity index (χ0) is 20.6. The van der Waals surface area contributed by atoms with Crippen LogP contribution in [0.15, 0.2) is 54.6 Å². The van der Waals surface area contributed by atoms with Gasteiger partial charge in [0.05, 0.1) is 5.56 Å². The first kappa shape index (κ1) is 18.9. The average Bonchev–Trinajstić information content (AvgIpc) is 3.11. The van der Waals surface area contributed by atoms with Crippen molar-refractivity contribution in [1.29, 1.82) is 0 Å². The lowest BCUT2D eigenvalue weighted by Crippen LogP contribution is -2.30. The molecule has 29 heavy (non-hydrogen) atoms. The molecule has 8 heteroatoms. The van der Waals surface area contributed by atoms with Crippen molar-refractivity contribution in [3.63, 3.8) is 0 Å². The summed E-state index contributed by atoms with van der Waals surface area (Å²) in [6.45, 7) is 2.23. The molecule has 1 aromatic heterocycles. The van der Waals surface area contributed by atoms with Gasteiger partial charge in [-0.3, -0.25) is 4.79 Å². The Balaban J connectivity index is 1.58. The van der Waals surface area contributed by atoms with Crippen molar-refractivity contribution in [3.8, 4) is 0 Å². The fourth-order valence-corrected chi connectivity index (χ4v) is 3.32. The van der Waals surface area contributed by atoms with Gasteiger partial charge in [0.25, 0.3) is 5.91 Å². The first-order valence-electron chi connectivity index (χ1n) is 9.01. The first-order chi connectivity index (χ1) is 13.8.